The van der Waals surface area contributed by atoms with Crippen molar-refractivity contribution in [1.82, 2.24) is 4.91 Å². The molecule has 0 bridgehead atoms. The Kier molecular flexibility index (Phi) is 7.00. The Morgan fingerprint density at radius 2 is 0.552 bits per heavy atom. The Morgan fingerprint density at radius 1 is 0.379 bits per heavy atom. The van der Waals surface area contributed by atoms with Crippen LogP contribution in [-0.4, -0.2) is 0 Å². The first-order valence-electron chi connectivity index (χ1n) is 9.34. The topological polar surface area (TPSA) is 61.8 Å². The number of benzene rings is 4. The molecule has 29 heavy (non-hydrogen) atoms. The third kappa shape index (κ3) is 5.01. The van der Waals surface area contributed by atoms with Crippen LogP contribution in [0.1, 0.15) is 22.3 Å². The van der Waals surface area contributed by atoms with Crippen molar-refractivity contribution in [2.75, 3.05) is 0 Å². The van der Waals surface area contributed by atoms with E-state index in [1.807, 2.05) is 4.91 Å². The molecule has 0 aromatic heterocycles. The van der Waals surface area contributed by atoms with Crippen LogP contribution in [0.25, 0.3) is 11.1 Å². The summed E-state index contributed by atoms with van der Waals surface area (Å²) in [4.78, 5) is 2.00. The molecule has 0 aliphatic heterocycles. The SMILES string of the molecule is N=[N+]=N.c1ccc(C(=C(c2ccccc2)c2ccccc2)c2ccccc2)cc1. The molecule has 0 unspecified atom stereocenters. The first-order valence-corrected chi connectivity index (χ1v) is 9.34. The second-order valence-electron chi connectivity index (χ2n) is 6.33. The normalized spacial score (nSPS) is 9.52. The average Bonchev–Trinajstić information content (AvgIpc) is 2.80. The van der Waals surface area contributed by atoms with Gasteiger partial charge in [0.15, 0.2) is 0 Å². The molecule has 0 saturated carbocycles. The summed E-state index contributed by atoms with van der Waals surface area (Å²) in [5.41, 5.74) is 18.4. The molecular formula is C26H22N3+. The lowest BCUT2D eigenvalue weighted by Gasteiger charge is -2.18. The molecule has 0 heterocycles. The maximum absolute atomic E-state index is 5.50. The first-order chi connectivity index (χ1) is 14.3. The van der Waals surface area contributed by atoms with E-state index in [1.165, 1.54) is 33.4 Å². The monoisotopic (exact) mass is 376 g/mol. The standard InChI is InChI=1S/C26H20.H2N3/c1-5-13-21(14-6-1)25(22-15-7-2-8-16-22)26(23-17-9-3-10-18-23)24-19-11-4-12-20-24;1-3-2/h1-20H;1-2H/q;+1. The van der Waals surface area contributed by atoms with Gasteiger partial charge in [0, 0.05) is 0 Å². The molecule has 4 aromatic rings. The molecule has 140 valence electrons. The van der Waals surface area contributed by atoms with E-state index < -0.39 is 0 Å². The van der Waals surface area contributed by atoms with Gasteiger partial charge in [-0.2, -0.15) is 0 Å². The zero-order chi connectivity index (χ0) is 20.3. The highest BCUT2D eigenvalue weighted by Gasteiger charge is 2.15. The molecule has 3 nitrogen and oxygen atoms in total. The van der Waals surface area contributed by atoms with E-state index in [9.17, 15) is 0 Å². The largest absolute Gasteiger partial charge is 0.211 e. The van der Waals surface area contributed by atoms with Crippen LogP contribution in [0.4, 0.5) is 0 Å². The van der Waals surface area contributed by atoms with Gasteiger partial charge < -0.3 is 0 Å². The van der Waals surface area contributed by atoms with Gasteiger partial charge in [0.2, 0.25) is 4.91 Å². The van der Waals surface area contributed by atoms with Crippen LogP contribution in [0.3, 0.4) is 0 Å². The van der Waals surface area contributed by atoms with Gasteiger partial charge in [-0.1, -0.05) is 121 Å². The third-order valence-electron chi connectivity index (χ3n) is 4.50. The number of hydrogen-bond acceptors (Lipinski definition) is 2. The Labute approximate surface area is 171 Å². The third-order valence-corrected chi connectivity index (χ3v) is 4.50. The van der Waals surface area contributed by atoms with Crippen LogP contribution in [-0.2, 0) is 0 Å². The van der Waals surface area contributed by atoms with E-state index in [0.717, 1.165) is 0 Å². The Balaban J connectivity index is 0.000000755. The summed E-state index contributed by atoms with van der Waals surface area (Å²) in [5.74, 6) is 0. The lowest BCUT2D eigenvalue weighted by atomic mass is 9.86. The van der Waals surface area contributed by atoms with E-state index in [0.29, 0.717) is 0 Å². The van der Waals surface area contributed by atoms with Crippen molar-refractivity contribution < 1.29 is 0 Å². The fourth-order valence-corrected chi connectivity index (χ4v) is 3.33. The predicted molar refractivity (Wildman–Crippen MR) is 118 cm³/mol. The molecule has 0 radical (unpaired) electrons. The van der Waals surface area contributed by atoms with E-state index >= 15 is 0 Å². The molecule has 4 aromatic carbocycles. The highest BCUT2D eigenvalue weighted by atomic mass is 15.0. The smallest absolute Gasteiger partial charge is 0.0622 e. The Morgan fingerprint density at radius 3 is 0.724 bits per heavy atom. The van der Waals surface area contributed by atoms with Gasteiger partial charge in [-0.3, -0.25) is 0 Å². The van der Waals surface area contributed by atoms with Gasteiger partial charge >= 0.3 is 0 Å². The highest BCUT2D eigenvalue weighted by Crippen LogP contribution is 2.36. The Hall–Kier alpha value is -4.07. The van der Waals surface area contributed by atoms with Crippen molar-refractivity contribution in [3.63, 3.8) is 0 Å². The van der Waals surface area contributed by atoms with Crippen molar-refractivity contribution in [2.45, 2.75) is 0 Å². The molecule has 0 amide bonds. The molecule has 2 N–H and O–H groups in total. The molecule has 0 spiro atoms. The van der Waals surface area contributed by atoms with Crippen LogP contribution >= 0.6 is 0 Å². The van der Waals surface area contributed by atoms with E-state index in [1.54, 1.807) is 0 Å². The lowest BCUT2D eigenvalue weighted by Crippen LogP contribution is -1.97. The van der Waals surface area contributed by atoms with Crippen molar-refractivity contribution in [1.29, 1.82) is 11.1 Å². The number of nitrogens with one attached hydrogen (secondary N) is 2. The number of hydrogen-bond donors (Lipinski definition) is 2. The highest BCUT2D eigenvalue weighted by molar-refractivity contribution is 6.04. The van der Waals surface area contributed by atoms with Gasteiger partial charge in [-0.05, 0) is 33.4 Å². The summed E-state index contributed by atoms with van der Waals surface area (Å²) in [5, 5.41) is 0. The van der Waals surface area contributed by atoms with E-state index in [-0.39, 0.29) is 0 Å². The van der Waals surface area contributed by atoms with Crippen molar-refractivity contribution in [3.8, 4) is 0 Å². The van der Waals surface area contributed by atoms with Crippen molar-refractivity contribution in [3.05, 3.63) is 144 Å². The number of rotatable bonds is 4. The minimum atomic E-state index is 1.22. The van der Waals surface area contributed by atoms with Crippen LogP contribution in [0, 0.1) is 11.1 Å². The van der Waals surface area contributed by atoms with Crippen LogP contribution in [0.2, 0.25) is 0 Å². The molecule has 0 fully saturated rings. The van der Waals surface area contributed by atoms with Gasteiger partial charge in [-0.25, -0.2) is 0 Å². The maximum Gasteiger partial charge on any atom is 0.211 e. The van der Waals surface area contributed by atoms with Crippen molar-refractivity contribution >= 4 is 11.1 Å². The zero-order valence-electron chi connectivity index (χ0n) is 16.0. The second kappa shape index (κ2) is 10.3. The molecule has 3 heteroatoms. The first kappa shape index (κ1) is 19.7. The summed E-state index contributed by atoms with van der Waals surface area (Å²) in [6.07, 6.45) is 0. The van der Waals surface area contributed by atoms with Gasteiger partial charge in [0.05, 0.1) is 0 Å². The minimum absolute atomic E-state index is 1.22. The second-order valence-corrected chi connectivity index (χ2v) is 6.33. The number of nitrogens with zero attached hydrogens (tertiary/aromatic N) is 1. The molecule has 0 atom stereocenters. The van der Waals surface area contributed by atoms with Gasteiger partial charge in [0.1, 0.15) is 11.1 Å². The summed E-state index contributed by atoms with van der Waals surface area (Å²) in [6.45, 7) is 0. The van der Waals surface area contributed by atoms with Crippen molar-refractivity contribution in [2.24, 2.45) is 0 Å². The summed E-state index contributed by atoms with van der Waals surface area (Å²) >= 11 is 0. The minimum Gasteiger partial charge on any atom is -0.0622 e. The maximum atomic E-state index is 5.50. The molecule has 0 saturated heterocycles. The average molecular weight is 376 g/mol. The van der Waals surface area contributed by atoms with E-state index in [2.05, 4.69) is 121 Å². The Bertz CT molecular complexity index is 914. The summed E-state index contributed by atoms with van der Waals surface area (Å²) in [6, 6.07) is 42.6. The van der Waals surface area contributed by atoms with Gasteiger partial charge in [-0.15, -0.1) is 0 Å². The van der Waals surface area contributed by atoms with Gasteiger partial charge in [0.25, 0.3) is 0 Å². The van der Waals surface area contributed by atoms with Crippen LogP contribution in [0.15, 0.2) is 121 Å². The molecule has 0 aliphatic carbocycles. The molecule has 4 rings (SSSR count). The fraction of sp³-hybridized carbons (Fsp3) is 0. The zero-order valence-corrected chi connectivity index (χ0v) is 16.0. The molecular weight excluding hydrogens is 354 g/mol. The summed E-state index contributed by atoms with van der Waals surface area (Å²) in [7, 11) is 0. The van der Waals surface area contributed by atoms with E-state index in [4.69, 9.17) is 11.1 Å². The lowest BCUT2D eigenvalue weighted by molar-refractivity contribution is 0.928. The summed E-state index contributed by atoms with van der Waals surface area (Å²) < 4.78 is 0. The predicted octanol–water partition coefficient (Wildman–Crippen LogP) is 6.81. The van der Waals surface area contributed by atoms with Crippen LogP contribution < -0.4 is 4.91 Å². The molecule has 0 aliphatic rings. The van der Waals surface area contributed by atoms with Crippen LogP contribution in [0.5, 0.6) is 0 Å². The quantitative estimate of drug-likeness (QED) is 0.223. The fourth-order valence-electron chi connectivity index (χ4n) is 3.33.